The van der Waals surface area contributed by atoms with Gasteiger partial charge in [-0.1, -0.05) is 42.5 Å². The van der Waals surface area contributed by atoms with Gasteiger partial charge in [0.05, 0.1) is 31.8 Å². The van der Waals surface area contributed by atoms with E-state index in [1.54, 1.807) is 72.8 Å². The van der Waals surface area contributed by atoms with Crippen LogP contribution in [0.15, 0.2) is 103 Å². The van der Waals surface area contributed by atoms with E-state index in [9.17, 15) is 10.1 Å². The molecule has 0 heterocycles. The summed E-state index contributed by atoms with van der Waals surface area (Å²) in [6.07, 6.45) is -4.77. The van der Waals surface area contributed by atoms with Gasteiger partial charge < -0.3 is 14.2 Å². The zero-order valence-corrected chi connectivity index (χ0v) is 23.4. The van der Waals surface area contributed by atoms with E-state index in [4.69, 9.17) is 14.2 Å². The Hall–Kier alpha value is -5.31. The summed E-state index contributed by atoms with van der Waals surface area (Å²) in [6.45, 7) is 0. The fourth-order valence-electron chi connectivity index (χ4n) is 5.15. The van der Waals surface area contributed by atoms with Gasteiger partial charge in [0.15, 0.2) is 0 Å². The molecule has 43 heavy (non-hydrogen) atoms. The lowest BCUT2D eigenvalue weighted by Gasteiger charge is -2.26. The van der Waals surface area contributed by atoms with Crippen LogP contribution in [0.1, 0.15) is 5.56 Å². The lowest BCUT2D eigenvalue weighted by atomic mass is 9.80. The smallest absolute Gasteiger partial charge is 0.417 e. The fourth-order valence-corrected chi connectivity index (χ4v) is 5.15. The highest BCUT2D eigenvalue weighted by molar-refractivity contribution is 6.04. The summed E-state index contributed by atoms with van der Waals surface area (Å²) in [7, 11) is 4.46. The molecule has 0 spiro atoms. The van der Waals surface area contributed by atoms with Crippen molar-refractivity contribution in [3.8, 4) is 61.8 Å². The van der Waals surface area contributed by atoms with Gasteiger partial charge in [0, 0.05) is 28.8 Å². The molecule has 218 valence electrons. The van der Waals surface area contributed by atoms with E-state index in [2.05, 4.69) is 0 Å². The van der Waals surface area contributed by atoms with Crippen LogP contribution in [0.2, 0.25) is 0 Å². The van der Waals surface area contributed by atoms with Crippen molar-refractivity contribution < 1.29 is 32.3 Å². The van der Waals surface area contributed by atoms with Crippen LogP contribution in [0.3, 0.4) is 0 Å². The monoisotopic (exact) mass is 585 g/mol. The van der Waals surface area contributed by atoms with Gasteiger partial charge in [-0.15, -0.1) is 0 Å². The highest BCUT2D eigenvalue weighted by atomic mass is 19.4. The Balaban J connectivity index is 2.03. The molecule has 0 fully saturated rings. The number of hydrogen-bond donors (Lipinski definition) is 0. The fraction of sp³-hybridized carbons (Fsp3) is 0.118. The van der Waals surface area contributed by atoms with Crippen LogP contribution in [0, 0.1) is 10.1 Å². The number of nitrogens with zero attached hydrogens (tertiary/aromatic N) is 1. The van der Waals surface area contributed by atoms with Crippen molar-refractivity contribution in [1.29, 1.82) is 0 Å². The third-order valence-corrected chi connectivity index (χ3v) is 7.14. The van der Waals surface area contributed by atoms with Crippen LogP contribution in [0.5, 0.6) is 17.2 Å². The molecule has 9 heteroatoms. The summed E-state index contributed by atoms with van der Waals surface area (Å²) >= 11 is 0. The molecule has 0 saturated heterocycles. The second kappa shape index (κ2) is 11.9. The number of nitro benzene ring substituents is 1. The Morgan fingerprint density at radius 1 is 0.605 bits per heavy atom. The molecule has 5 rings (SSSR count). The number of halogens is 3. The molecule has 0 saturated carbocycles. The van der Waals surface area contributed by atoms with Gasteiger partial charge in [-0.3, -0.25) is 10.1 Å². The third kappa shape index (κ3) is 5.74. The van der Waals surface area contributed by atoms with E-state index < -0.39 is 16.7 Å². The minimum atomic E-state index is -4.77. The van der Waals surface area contributed by atoms with Crippen molar-refractivity contribution in [2.24, 2.45) is 0 Å². The van der Waals surface area contributed by atoms with Gasteiger partial charge in [-0.05, 0) is 76.3 Å². The van der Waals surface area contributed by atoms with Crippen molar-refractivity contribution in [1.82, 2.24) is 0 Å². The Morgan fingerprint density at radius 3 is 1.86 bits per heavy atom. The second-order valence-electron chi connectivity index (χ2n) is 9.56. The number of rotatable bonds is 8. The van der Waals surface area contributed by atoms with Crippen LogP contribution >= 0.6 is 0 Å². The molecular formula is C34H26F3NO5. The van der Waals surface area contributed by atoms with Crippen molar-refractivity contribution in [3.63, 3.8) is 0 Å². The quantitative estimate of drug-likeness (QED) is 0.134. The minimum absolute atomic E-state index is 0.0463. The number of nitro groups is 1. The Kier molecular flexibility index (Phi) is 8.07. The van der Waals surface area contributed by atoms with Gasteiger partial charge in [-0.2, -0.15) is 13.2 Å². The predicted octanol–water partition coefficient (Wildman–Crippen LogP) is 9.31. The minimum Gasteiger partial charge on any atom is -0.497 e. The van der Waals surface area contributed by atoms with Crippen molar-refractivity contribution in [3.05, 3.63) is 119 Å². The van der Waals surface area contributed by atoms with E-state index in [-0.39, 0.29) is 22.4 Å². The first-order valence-electron chi connectivity index (χ1n) is 13.1. The van der Waals surface area contributed by atoms with Gasteiger partial charge >= 0.3 is 6.18 Å². The second-order valence-corrected chi connectivity index (χ2v) is 9.56. The van der Waals surface area contributed by atoms with Gasteiger partial charge in [0.2, 0.25) is 0 Å². The number of hydrogen-bond acceptors (Lipinski definition) is 5. The van der Waals surface area contributed by atoms with E-state index in [0.29, 0.717) is 45.1 Å². The van der Waals surface area contributed by atoms with Crippen molar-refractivity contribution in [2.45, 2.75) is 6.18 Å². The molecule has 0 bridgehead atoms. The third-order valence-electron chi connectivity index (χ3n) is 7.14. The lowest BCUT2D eigenvalue weighted by molar-refractivity contribution is -0.384. The maximum atomic E-state index is 15.1. The Labute approximate surface area is 246 Å². The average molecular weight is 586 g/mol. The van der Waals surface area contributed by atoms with Crippen LogP contribution in [0.4, 0.5) is 18.9 Å². The normalized spacial score (nSPS) is 11.2. The first-order valence-corrected chi connectivity index (χ1v) is 13.1. The molecule has 5 aromatic rings. The van der Waals surface area contributed by atoms with E-state index >= 15 is 13.2 Å². The van der Waals surface area contributed by atoms with Gasteiger partial charge in [0.25, 0.3) is 5.69 Å². The molecule has 0 aromatic heterocycles. The molecule has 0 atom stereocenters. The van der Waals surface area contributed by atoms with Crippen LogP contribution < -0.4 is 14.2 Å². The summed E-state index contributed by atoms with van der Waals surface area (Å²) < 4.78 is 61.7. The first kappa shape index (κ1) is 29.2. The average Bonchev–Trinajstić information content (AvgIpc) is 3.03. The number of alkyl halides is 3. The van der Waals surface area contributed by atoms with Crippen molar-refractivity contribution >= 4 is 5.69 Å². The zero-order valence-electron chi connectivity index (χ0n) is 23.4. The molecular weight excluding hydrogens is 559 g/mol. The summed E-state index contributed by atoms with van der Waals surface area (Å²) in [5, 5.41) is 11.4. The number of ether oxygens (including phenoxy) is 3. The number of non-ortho nitro benzene ring substituents is 1. The maximum absolute atomic E-state index is 15.1. The summed E-state index contributed by atoms with van der Waals surface area (Å²) in [4.78, 5) is 10.8. The highest BCUT2D eigenvalue weighted by Crippen LogP contribution is 2.53. The van der Waals surface area contributed by atoms with Gasteiger partial charge in [-0.25, -0.2) is 0 Å². The largest absolute Gasteiger partial charge is 0.497 e. The van der Waals surface area contributed by atoms with E-state index in [1.165, 1.54) is 45.6 Å². The van der Waals surface area contributed by atoms with Gasteiger partial charge in [0.1, 0.15) is 17.2 Å². The standard InChI is InChI=1S/C34H26F3NO5/c1-41-25-17-13-22(14-18-25)31-29(34(35,36)37)20-28(21-11-15-24(16-12-21)38(39)40)33(27-9-4-5-10-30(27)43-3)32(31)23-7-6-8-26(19-23)42-2/h4-20H,1-3H3. The summed E-state index contributed by atoms with van der Waals surface area (Å²) in [5.74, 6) is 1.39. The predicted molar refractivity (Wildman–Crippen MR) is 159 cm³/mol. The number of benzene rings is 5. The molecule has 0 aliphatic heterocycles. The summed E-state index contributed by atoms with van der Waals surface area (Å²) in [5.41, 5.74) is 1.57. The zero-order chi connectivity index (χ0) is 30.7. The van der Waals surface area contributed by atoms with E-state index in [0.717, 1.165) is 6.07 Å². The lowest BCUT2D eigenvalue weighted by Crippen LogP contribution is -2.10. The highest BCUT2D eigenvalue weighted by Gasteiger charge is 2.38. The van der Waals surface area contributed by atoms with Crippen LogP contribution in [0.25, 0.3) is 44.5 Å². The first-order chi connectivity index (χ1) is 20.7. The van der Waals surface area contributed by atoms with Crippen LogP contribution in [-0.2, 0) is 6.18 Å². The van der Waals surface area contributed by atoms with E-state index in [1.807, 2.05) is 0 Å². The molecule has 0 aliphatic rings. The van der Waals surface area contributed by atoms with Crippen molar-refractivity contribution in [2.75, 3.05) is 21.3 Å². The maximum Gasteiger partial charge on any atom is 0.417 e. The van der Waals surface area contributed by atoms with Crippen LogP contribution in [-0.4, -0.2) is 26.3 Å². The Morgan fingerprint density at radius 2 is 1.26 bits per heavy atom. The number of para-hydroxylation sites is 1. The molecule has 0 radical (unpaired) electrons. The molecule has 0 N–H and O–H groups in total. The molecule has 6 nitrogen and oxygen atoms in total. The molecule has 0 unspecified atom stereocenters. The SMILES string of the molecule is COc1ccc(-c2c(C(F)(F)F)cc(-c3ccc([N+](=O)[O-])cc3)c(-c3ccccc3OC)c2-c2cccc(OC)c2)cc1. The summed E-state index contributed by atoms with van der Waals surface area (Å²) in [6, 6.07) is 26.8. The number of methoxy groups -OCH3 is 3. The molecule has 5 aromatic carbocycles. The Bertz CT molecular complexity index is 1780. The molecule has 0 amide bonds. The topological polar surface area (TPSA) is 70.8 Å². The molecule has 0 aliphatic carbocycles.